The lowest BCUT2D eigenvalue weighted by Gasteiger charge is -2.19. The molecule has 1 heterocycles. The molecule has 1 unspecified atom stereocenters. The number of rotatable bonds is 3. The Morgan fingerprint density at radius 2 is 1.67 bits per heavy atom. The van der Waals surface area contributed by atoms with E-state index in [1.807, 2.05) is 24.5 Å². The molecule has 0 aliphatic heterocycles. The van der Waals surface area contributed by atoms with Crippen LogP contribution in [0.15, 0.2) is 41.1 Å². The highest BCUT2D eigenvalue weighted by atomic mass is 79.9. The molecule has 0 aliphatic rings. The average molecular weight is 305 g/mol. The molecule has 1 N–H and O–H groups in total. The number of pyridine rings is 1. The van der Waals surface area contributed by atoms with Crippen molar-refractivity contribution in [3.63, 3.8) is 0 Å². The highest BCUT2D eigenvalue weighted by molar-refractivity contribution is 9.10. The quantitative estimate of drug-likeness (QED) is 0.894. The molecule has 1 aromatic heterocycles. The van der Waals surface area contributed by atoms with Gasteiger partial charge in [0.2, 0.25) is 0 Å². The van der Waals surface area contributed by atoms with E-state index in [-0.39, 0.29) is 6.04 Å². The van der Waals surface area contributed by atoms with E-state index in [9.17, 15) is 0 Å². The molecule has 2 aromatic rings. The summed E-state index contributed by atoms with van der Waals surface area (Å²) in [5.41, 5.74) is 4.96. The number of aryl methyl sites for hydroxylation is 2. The lowest BCUT2D eigenvalue weighted by Crippen LogP contribution is -2.09. The molecule has 3 heteroatoms. The molecule has 94 valence electrons. The molecule has 2 rings (SSSR count). The largest absolute Gasteiger partial charge is 0.378 e. The Kier molecular flexibility index (Phi) is 4.02. The normalized spacial score (nSPS) is 12.2. The second kappa shape index (κ2) is 5.53. The molecule has 0 bridgehead atoms. The second-order valence-electron chi connectivity index (χ2n) is 4.56. The van der Waals surface area contributed by atoms with Gasteiger partial charge in [0.1, 0.15) is 0 Å². The van der Waals surface area contributed by atoms with E-state index in [0.29, 0.717) is 0 Å². The lowest BCUT2D eigenvalue weighted by atomic mass is 10.1. The van der Waals surface area contributed by atoms with Crippen LogP contribution < -0.4 is 5.32 Å². The fourth-order valence-corrected chi connectivity index (χ4v) is 2.78. The Labute approximate surface area is 117 Å². The van der Waals surface area contributed by atoms with E-state index in [0.717, 1.165) is 4.47 Å². The first-order valence-electron chi connectivity index (χ1n) is 6.01. The molecule has 0 aliphatic carbocycles. The molecule has 0 saturated heterocycles. The van der Waals surface area contributed by atoms with Gasteiger partial charge >= 0.3 is 0 Å². The molecule has 18 heavy (non-hydrogen) atoms. The van der Waals surface area contributed by atoms with Gasteiger partial charge in [0.25, 0.3) is 0 Å². The highest BCUT2D eigenvalue weighted by Gasteiger charge is 2.09. The van der Waals surface area contributed by atoms with Gasteiger partial charge < -0.3 is 5.32 Å². The maximum Gasteiger partial charge on any atom is 0.0486 e. The van der Waals surface area contributed by atoms with E-state index in [4.69, 9.17) is 0 Å². The van der Waals surface area contributed by atoms with Gasteiger partial charge in [-0.2, -0.15) is 0 Å². The molecular weight excluding hydrogens is 288 g/mol. The predicted octanol–water partition coefficient (Wildman–Crippen LogP) is 4.63. The Morgan fingerprint density at radius 1 is 1.11 bits per heavy atom. The summed E-state index contributed by atoms with van der Waals surface area (Å²) < 4.78 is 1.12. The van der Waals surface area contributed by atoms with E-state index in [1.165, 1.54) is 22.4 Å². The van der Waals surface area contributed by atoms with Gasteiger partial charge in [-0.15, -0.1) is 0 Å². The standard InChI is InChI=1S/C15H17BrN2/c1-10-8-14(16)9-11(2)15(10)18-12(3)13-4-6-17-7-5-13/h4-9,12,18H,1-3H3. The lowest BCUT2D eigenvalue weighted by molar-refractivity contribution is 0.876. The summed E-state index contributed by atoms with van der Waals surface area (Å²) in [6.07, 6.45) is 3.66. The zero-order chi connectivity index (χ0) is 13.1. The number of hydrogen-bond donors (Lipinski definition) is 1. The summed E-state index contributed by atoms with van der Waals surface area (Å²) >= 11 is 3.52. The van der Waals surface area contributed by atoms with Crippen LogP contribution in [-0.4, -0.2) is 4.98 Å². The minimum Gasteiger partial charge on any atom is -0.378 e. The van der Waals surface area contributed by atoms with Crippen molar-refractivity contribution in [2.24, 2.45) is 0 Å². The summed E-state index contributed by atoms with van der Waals surface area (Å²) in [6, 6.07) is 8.62. The molecular formula is C15H17BrN2. The smallest absolute Gasteiger partial charge is 0.0486 e. The van der Waals surface area contributed by atoms with Crippen LogP contribution in [0, 0.1) is 13.8 Å². The summed E-state index contributed by atoms with van der Waals surface area (Å²) in [5, 5.41) is 3.57. The van der Waals surface area contributed by atoms with E-state index < -0.39 is 0 Å². The van der Waals surface area contributed by atoms with Crippen LogP contribution in [0.4, 0.5) is 5.69 Å². The zero-order valence-corrected chi connectivity index (χ0v) is 12.5. The molecule has 0 amide bonds. The third kappa shape index (κ3) is 2.91. The monoisotopic (exact) mass is 304 g/mol. The van der Waals surface area contributed by atoms with Crippen LogP contribution in [0.3, 0.4) is 0 Å². The summed E-state index contributed by atoms with van der Waals surface area (Å²) in [6.45, 7) is 6.41. The van der Waals surface area contributed by atoms with Crippen LogP contribution in [0.1, 0.15) is 29.7 Å². The van der Waals surface area contributed by atoms with Gasteiger partial charge in [-0.3, -0.25) is 4.98 Å². The van der Waals surface area contributed by atoms with Crippen molar-refractivity contribution in [1.82, 2.24) is 4.98 Å². The van der Waals surface area contributed by atoms with Crippen LogP contribution in [-0.2, 0) is 0 Å². The van der Waals surface area contributed by atoms with E-state index in [2.05, 4.69) is 59.1 Å². The third-order valence-corrected chi connectivity index (χ3v) is 3.52. The number of hydrogen-bond acceptors (Lipinski definition) is 2. The van der Waals surface area contributed by atoms with Crippen LogP contribution in [0.2, 0.25) is 0 Å². The highest BCUT2D eigenvalue weighted by Crippen LogP contribution is 2.28. The van der Waals surface area contributed by atoms with Crippen molar-refractivity contribution in [1.29, 1.82) is 0 Å². The van der Waals surface area contributed by atoms with Crippen molar-refractivity contribution in [3.8, 4) is 0 Å². The fourth-order valence-electron chi connectivity index (χ4n) is 2.09. The Bertz CT molecular complexity index is 514. The molecule has 0 radical (unpaired) electrons. The molecule has 0 saturated carbocycles. The zero-order valence-electron chi connectivity index (χ0n) is 10.9. The first-order chi connectivity index (χ1) is 8.58. The van der Waals surface area contributed by atoms with E-state index >= 15 is 0 Å². The van der Waals surface area contributed by atoms with Gasteiger partial charge in [0, 0.05) is 28.6 Å². The maximum atomic E-state index is 4.05. The Balaban J connectivity index is 2.25. The van der Waals surface area contributed by atoms with Gasteiger partial charge in [0.05, 0.1) is 0 Å². The number of halogens is 1. The summed E-state index contributed by atoms with van der Waals surface area (Å²) in [7, 11) is 0. The minimum atomic E-state index is 0.270. The molecule has 1 aromatic carbocycles. The fraction of sp³-hybridized carbons (Fsp3) is 0.267. The second-order valence-corrected chi connectivity index (χ2v) is 5.48. The number of benzene rings is 1. The first-order valence-corrected chi connectivity index (χ1v) is 6.80. The third-order valence-electron chi connectivity index (χ3n) is 3.06. The minimum absolute atomic E-state index is 0.270. The molecule has 0 spiro atoms. The number of nitrogens with zero attached hydrogens (tertiary/aromatic N) is 1. The van der Waals surface area contributed by atoms with Crippen LogP contribution >= 0.6 is 15.9 Å². The predicted molar refractivity (Wildman–Crippen MR) is 79.9 cm³/mol. The molecule has 1 atom stereocenters. The van der Waals surface area contributed by atoms with Gasteiger partial charge in [-0.25, -0.2) is 0 Å². The van der Waals surface area contributed by atoms with Gasteiger partial charge in [0.15, 0.2) is 0 Å². The van der Waals surface area contributed by atoms with Crippen LogP contribution in [0.5, 0.6) is 0 Å². The van der Waals surface area contributed by atoms with Crippen molar-refractivity contribution in [3.05, 3.63) is 57.8 Å². The maximum absolute atomic E-state index is 4.05. The average Bonchev–Trinajstić information content (AvgIpc) is 2.34. The molecule has 2 nitrogen and oxygen atoms in total. The number of nitrogens with one attached hydrogen (secondary N) is 1. The SMILES string of the molecule is Cc1cc(Br)cc(C)c1NC(C)c1ccncc1. The Hall–Kier alpha value is -1.35. The number of anilines is 1. The molecule has 0 fully saturated rings. The first kappa shape index (κ1) is 13.1. The summed E-state index contributed by atoms with van der Waals surface area (Å²) in [4.78, 5) is 4.05. The van der Waals surface area contributed by atoms with Gasteiger partial charge in [-0.05, 0) is 61.7 Å². The van der Waals surface area contributed by atoms with E-state index in [1.54, 1.807) is 0 Å². The summed E-state index contributed by atoms with van der Waals surface area (Å²) in [5.74, 6) is 0. The van der Waals surface area contributed by atoms with Crippen molar-refractivity contribution in [2.75, 3.05) is 5.32 Å². The van der Waals surface area contributed by atoms with Crippen LogP contribution in [0.25, 0.3) is 0 Å². The number of aromatic nitrogens is 1. The Morgan fingerprint density at radius 3 is 2.22 bits per heavy atom. The van der Waals surface area contributed by atoms with Crippen molar-refractivity contribution >= 4 is 21.6 Å². The van der Waals surface area contributed by atoms with Crippen molar-refractivity contribution < 1.29 is 0 Å². The topological polar surface area (TPSA) is 24.9 Å². The van der Waals surface area contributed by atoms with Crippen molar-refractivity contribution in [2.45, 2.75) is 26.8 Å². The van der Waals surface area contributed by atoms with Gasteiger partial charge in [-0.1, -0.05) is 15.9 Å².